The van der Waals surface area contributed by atoms with Gasteiger partial charge in [-0.2, -0.15) is 0 Å². The van der Waals surface area contributed by atoms with Crippen molar-refractivity contribution >= 4 is 29.5 Å². The number of carbonyl (C=O) groups is 3. The van der Waals surface area contributed by atoms with Crippen LogP contribution < -0.4 is 5.32 Å². The summed E-state index contributed by atoms with van der Waals surface area (Å²) in [5.41, 5.74) is 0. The van der Waals surface area contributed by atoms with E-state index in [9.17, 15) is 14.4 Å². The van der Waals surface area contributed by atoms with E-state index in [4.69, 9.17) is 5.11 Å². The molecule has 1 unspecified atom stereocenters. The predicted octanol–water partition coefficient (Wildman–Crippen LogP) is -0.601. The summed E-state index contributed by atoms with van der Waals surface area (Å²) in [4.78, 5) is 34.6. The van der Waals surface area contributed by atoms with Crippen LogP contribution in [-0.2, 0) is 14.4 Å². The van der Waals surface area contributed by atoms with Gasteiger partial charge in [0.1, 0.15) is 0 Å². The second-order valence-corrected chi connectivity index (χ2v) is 5.02. The van der Waals surface area contributed by atoms with Crippen molar-refractivity contribution in [2.24, 2.45) is 5.92 Å². The molecular formula is C10H16N2O4S. The molecule has 1 aliphatic rings. The Morgan fingerprint density at radius 2 is 2.29 bits per heavy atom. The number of rotatable bonds is 6. The second kappa shape index (κ2) is 6.48. The van der Waals surface area contributed by atoms with Gasteiger partial charge in [0.25, 0.3) is 0 Å². The van der Waals surface area contributed by atoms with E-state index < -0.39 is 5.97 Å². The van der Waals surface area contributed by atoms with Crippen LogP contribution in [0.4, 0.5) is 0 Å². The first kappa shape index (κ1) is 13.8. The first-order valence-corrected chi connectivity index (χ1v) is 6.47. The Labute approximate surface area is 104 Å². The molecule has 1 fully saturated rings. The second-order valence-electron chi connectivity index (χ2n) is 3.91. The molecule has 0 aromatic carbocycles. The third-order valence-corrected chi connectivity index (χ3v) is 3.43. The first-order chi connectivity index (χ1) is 8.00. The zero-order chi connectivity index (χ0) is 12.8. The van der Waals surface area contributed by atoms with Gasteiger partial charge >= 0.3 is 5.97 Å². The molecule has 6 nitrogen and oxygen atoms in total. The number of carbonyl (C=O) groups excluding carboxylic acids is 2. The molecule has 1 atom stereocenters. The minimum Gasteiger partial charge on any atom is -0.481 e. The number of nitrogens with one attached hydrogen (secondary N) is 1. The van der Waals surface area contributed by atoms with Crippen molar-refractivity contribution in [2.75, 3.05) is 31.6 Å². The van der Waals surface area contributed by atoms with Crippen LogP contribution in [0.15, 0.2) is 0 Å². The quantitative estimate of drug-likeness (QED) is 0.623. The summed E-state index contributed by atoms with van der Waals surface area (Å²) in [7, 11) is 1.68. The van der Waals surface area contributed by atoms with Gasteiger partial charge in [0.05, 0.1) is 11.7 Å². The predicted molar refractivity (Wildman–Crippen MR) is 63.7 cm³/mol. The van der Waals surface area contributed by atoms with Gasteiger partial charge in [-0.3, -0.25) is 14.4 Å². The molecule has 1 saturated heterocycles. The Balaban J connectivity index is 2.13. The van der Waals surface area contributed by atoms with Crippen molar-refractivity contribution in [2.45, 2.75) is 6.42 Å². The van der Waals surface area contributed by atoms with Crippen molar-refractivity contribution in [3.05, 3.63) is 0 Å². The van der Waals surface area contributed by atoms with Gasteiger partial charge < -0.3 is 15.3 Å². The molecule has 1 aliphatic heterocycles. The van der Waals surface area contributed by atoms with Crippen LogP contribution in [0, 0.1) is 5.92 Å². The molecule has 0 radical (unpaired) electrons. The Morgan fingerprint density at radius 3 is 2.82 bits per heavy atom. The molecule has 96 valence electrons. The lowest BCUT2D eigenvalue weighted by Gasteiger charge is -2.10. The van der Waals surface area contributed by atoms with Crippen molar-refractivity contribution in [1.29, 1.82) is 0 Å². The lowest BCUT2D eigenvalue weighted by Crippen LogP contribution is -2.33. The van der Waals surface area contributed by atoms with Crippen molar-refractivity contribution < 1.29 is 19.5 Å². The molecule has 1 rings (SSSR count). The maximum Gasteiger partial charge on any atom is 0.313 e. The third-order valence-electron chi connectivity index (χ3n) is 2.48. The molecule has 0 aliphatic carbocycles. The van der Waals surface area contributed by atoms with Crippen LogP contribution in [0.5, 0.6) is 0 Å². The third kappa shape index (κ3) is 4.64. The fourth-order valence-corrected chi connectivity index (χ4v) is 2.15. The van der Waals surface area contributed by atoms with Gasteiger partial charge in [-0.1, -0.05) is 0 Å². The Hall–Kier alpha value is -1.24. The number of hydrogen-bond acceptors (Lipinski definition) is 4. The molecule has 2 N–H and O–H groups in total. The van der Waals surface area contributed by atoms with Crippen LogP contribution in [0.3, 0.4) is 0 Å². The van der Waals surface area contributed by atoms with Gasteiger partial charge in [-0.25, -0.2) is 0 Å². The highest BCUT2D eigenvalue weighted by Gasteiger charge is 2.31. The summed E-state index contributed by atoms with van der Waals surface area (Å²) in [6, 6.07) is 0. The summed E-state index contributed by atoms with van der Waals surface area (Å²) < 4.78 is 0. The largest absolute Gasteiger partial charge is 0.481 e. The number of nitrogens with zero attached hydrogens (tertiary/aromatic N) is 1. The van der Waals surface area contributed by atoms with E-state index in [2.05, 4.69) is 5.32 Å². The van der Waals surface area contributed by atoms with E-state index in [1.165, 1.54) is 11.8 Å². The van der Waals surface area contributed by atoms with Crippen LogP contribution in [-0.4, -0.2) is 59.4 Å². The molecule has 0 saturated carbocycles. The first-order valence-electron chi connectivity index (χ1n) is 5.32. The zero-order valence-electron chi connectivity index (χ0n) is 9.64. The fraction of sp³-hybridized carbons (Fsp3) is 0.700. The normalized spacial score (nSPS) is 19.5. The van der Waals surface area contributed by atoms with E-state index in [1.807, 2.05) is 0 Å². The molecular weight excluding hydrogens is 244 g/mol. The van der Waals surface area contributed by atoms with Gasteiger partial charge in [0.15, 0.2) is 0 Å². The summed E-state index contributed by atoms with van der Waals surface area (Å²) in [6.45, 7) is 0.901. The molecule has 0 bridgehead atoms. The van der Waals surface area contributed by atoms with Gasteiger partial charge in [0.2, 0.25) is 11.8 Å². The molecule has 17 heavy (non-hydrogen) atoms. The van der Waals surface area contributed by atoms with Crippen LogP contribution in [0.1, 0.15) is 6.42 Å². The standard InChI is InChI=1S/C10H16N2O4S/c1-12-5-7(4-8(12)13)10(16)11-2-3-17-6-9(14)15/h7H,2-6H2,1H3,(H,11,16)(H,14,15). The molecule has 0 aromatic rings. The average Bonchev–Trinajstić information content (AvgIpc) is 2.58. The van der Waals surface area contributed by atoms with E-state index in [0.717, 1.165) is 0 Å². The number of aliphatic carboxylic acids is 1. The average molecular weight is 260 g/mol. The minimum atomic E-state index is -0.857. The number of likely N-dealkylation sites (tertiary alicyclic amines) is 1. The van der Waals surface area contributed by atoms with Crippen molar-refractivity contribution in [3.63, 3.8) is 0 Å². The van der Waals surface area contributed by atoms with Crippen LogP contribution in [0.25, 0.3) is 0 Å². The summed E-state index contributed by atoms with van der Waals surface area (Å²) >= 11 is 1.26. The topological polar surface area (TPSA) is 86.7 Å². The maximum absolute atomic E-state index is 11.6. The van der Waals surface area contributed by atoms with Crippen LogP contribution in [0.2, 0.25) is 0 Å². The molecule has 0 spiro atoms. The maximum atomic E-state index is 11.6. The Morgan fingerprint density at radius 1 is 1.59 bits per heavy atom. The van der Waals surface area contributed by atoms with Gasteiger partial charge in [-0.05, 0) is 0 Å². The SMILES string of the molecule is CN1CC(C(=O)NCCSCC(=O)O)CC1=O. The Kier molecular flexibility index (Phi) is 5.27. The highest BCUT2D eigenvalue weighted by Crippen LogP contribution is 2.15. The number of carboxylic acids is 1. The Bertz CT molecular complexity index is 321. The lowest BCUT2D eigenvalue weighted by atomic mass is 10.1. The zero-order valence-corrected chi connectivity index (χ0v) is 10.5. The highest BCUT2D eigenvalue weighted by molar-refractivity contribution is 7.99. The number of amides is 2. The number of hydrogen-bond donors (Lipinski definition) is 2. The molecule has 2 amide bonds. The molecule has 0 aromatic heterocycles. The van der Waals surface area contributed by atoms with Gasteiger partial charge in [-0.15, -0.1) is 11.8 Å². The molecule has 7 heteroatoms. The van der Waals surface area contributed by atoms with E-state index in [1.54, 1.807) is 11.9 Å². The van der Waals surface area contributed by atoms with E-state index in [0.29, 0.717) is 18.8 Å². The van der Waals surface area contributed by atoms with E-state index >= 15 is 0 Å². The number of thioether (sulfide) groups is 1. The summed E-state index contributed by atoms with van der Waals surface area (Å²) in [5, 5.41) is 11.1. The minimum absolute atomic E-state index is 0.00889. The monoisotopic (exact) mass is 260 g/mol. The van der Waals surface area contributed by atoms with Crippen molar-refractivity contribution in [1.82, 2.24) is 10.2 Å². The fourth-order valence-electron chi connectivity index (χ4n) is 1.59. The number of carboxylic acid groups (broad SMARTS) is 1. The van der Waals surface area contributed by atoms with E-state index in [-0.39, 0.29) is 29.9 Å². The van der Waals surface area contributed by atoms with Crippen molar-refractivity contribution in [3.8, 4) is 0 Å². The van der Waals surface area contributed by atoms with Gasteiger partial charge in [0, 0.05) is 32.3 Å². The lowest BCUT2D eigenvalue weighted by molar-refractivity contribution is -0.134. The van der Waals surface area contributed by atoms with Crippen LogP contribution >= 0.6 is 11.8 Å². The molecule has 1 heterocycles. The summed E-state index contributed by atoms with van der Waals surface area (Å²) in [6.07, 6.45) is 0.268. The summed E-state index contributed by atoms with van der Waals surface area (Å²) in [5.74, 6) is -0.653. The highest BCUT2D eigenvalue weighted by atomic mass is 32.2. The smallest absolute Gasteiger partial charge is 0.313 e.